The maximum Gasteiger partial charge on any atom is 0.0492 e. The number of hydrogen-bond acceptors (Lipinski definition) is 2. The van der Waals surface area contributed by atoms with E-state index in [9.17, 15) is 0 Å². The number of aryl methyl sites for hydroxylation is 1. The van der Waals surface area contributed by atoms with Gasteiger partial charge in [0.15, 0.2) is 0 Å². The van der Waals surface area contributed by atoms with Gasteiger partial charge in [0.25, 0.3) is 0 Å². The highest BCUT2D eigenvalue weighted by molar-refractivity contribution is 5.16. The molecule has 13 heavy (non-hydrogen) atoms. The molecule has 0 aromatic carbocycles. The SMILES string of the molecule is CC(C)C(C)(CN)c1ccnn1C. The summed E-state index contributed by atoms with van der Waals surface area (Å²) in [5.41, 5.74) is 7.07. The second-order valence-corrected chi connectivity index (χ2v) is 4.12. The van der Waals surface area contributed by atoms with Crippen molar-refractivity contribution in [2.75, 3.05) is 6.54 Å². The second kappa shape index (κ2) is 3.50. The van der Waals surface area contributed by atoms with Gasteiger partial charge >= 0.3 is 0 Å². The number of nitrogens with two attached hydrogens (primary N) is 1. The molecule has 1 rings (SSSR count). The van der Waals surface area contributed by atoms with Crippen molar-refractivity contribution in [2.45, 2.75) is 26.2 Å². The molecule has 1 unspecified atom stereocenters. The van der Waals surface area contributed by atoms with Crippen LogP contribution in [-0.2, 0) is 12.5 Å². The highest BCUT2D eigenvalue weighted by Crippen LogP contribution is 2.29. The van der Waals surface area contributed by atoms with E-state index in [0.717, 1.165) is 0 Å². The van der Waals surface area contributed by atoms with Crippen molar-refractivity contribution >= 4 is 0 Å². The zero-order chi connectivity index (χ0) is 10.1. The average molecular weight is 181 g/mol. The van der Waals surface area contributed by atoms with Crippen LogP contribution < -0.4 is 5.73 Å². The Bertz CT molecular complexity index is 277. The minimum absolute atomic E-state index is 0.0330. The lowest BCUT2D eigenvalue weighted by Crippen LogP contribution is -2.38. The molecular weight excluding hydrogens is 162 g/mol. The van der Waals surface area contributed by atoms with Gasteiger partial charge in [-0.1, -0.05) is 20.8 Å². The van der Waals surface area contributed by atoms with E-state index in [2.05, 4.69) is 25.9 Å². The van der Waals surface area contributed by atoms with Gasteiger partial charge in [0.2, 0.25) is 0 Å². The van der Waals surface area contributed by atoms with Crippen LogP contribution in [0.4, 0.5) is 0 Å². The molecule has 0 spiro atoms. The Hall–Kier alpha value is -0.830. The van der Waals surface area contributed by atoms with Crippen molar-refractivity contribution in [3.63, 3.8) is 0 Å². The first-order valence-electron chi connectivity index (χ1n) is 4.71. The summed E-state index contributed by atoms with van der Waals surface area (Å²) < 4.78 is 1.91. The molecule has 74 valence electrons. The molecule has 0 fully saturated rings. The summed E-state index contributed by atoms with van der Waals surface area (Å²) in [6, 6.07) is 2.05. The Balaban J connectivity index is 3.10. The van der Waals surface area contributed by atoms with Crippen LogP contribution in [0.25, 0.3) is 0 Å². The van der Waals surface area contributed by atoms with Crippen LogP contribution in [0, 0.1) is 5.92 Å². The van der Waals surface area contributed by atoms with Crippen LogP contribution in [-0.4, -0.2) is 16.3 Å². The summed E-state index contributed by atoms with van der Waals surface area (Å²) in [7, 11) is 1.96. The van der Waals surface area contributed by atoms with Gasteiger partial charge in [0, 0.05) is 30.9 Å². The lowest BCUT2D eigenvalue weighted by atomic mass is 9.76. The van der Waals surface area contributed by atoms with Crippen LogP contribution in [0.1, 0.15) is 26.5 Å². The van der Waals surface area contributed by atoms with Crippen LogP contribution >= 0.6 is 0 Å². The van der Waals surface area contributed by atoms with Gasteiger partial charge in [0.1, 0.15) is 0 Å². The lowest BCUT2D eigenvalue weighted by molar-refractivity contribution is 0.326. The predicted octanol–water partition coefficient (Wildman–Crippen LogP) is 1.29. The van der Waals surface area contributed by atoms with Gasteiger partial charge in [-0.05, 0) is 12.0 Å². The minimum Gasteiger partial charge on any atom is -0.330 e. The second-order valence-electron chi connectivity index (χ2n) is 4.12. The molecule has 0 saturated carbocycles. The minimum atomic E-state index is 0.0330. The van der Waals surface area contributed by atoms with Crippen molar-refractivity contribution in [3.8, 4) is 0 Å². The van der Waals surface area contributed by atoms with Gasteiger partial charge < -0.3 is 5.73 Å². The van der Waals surface area contributed by atoms with Gasteiger partial charge in [-0.15, -0.1) is 0 Å². The van der Waals surface area contributed by atoms with Gasteiger partial charge in [-0.25, -0.2) is 0 Å². The first-order chi connectivity index (χ1) is 6.02. The highest BCUT2D eigenvalue weighted by Gasteiger charge is 2.31. The number of hydrogen-bond donors (Lipinski definition) is 1. The molecule has 1 atom stereocenters. The lowest BCUT2D eigenvalue weighted by Gasteiger charge is -2.32. The van der Waals surface area contributed by atoms with Crippen molar-refractivity contribution in [3.05, 3.63) is 18.0 Å². The van der Waals surface area contributed by atoms with E-state index in [1.54, 1.807) is 0 Å². The van der Waals surface area contributed by atoms with E-state index >= 15 is 0 Å². The molecule has 0 aliphatic heterocycles. The predicted molar refractivity (Wildman–Crippen MR) is 54.5 cm³/mol. The molecule has 0 aliphatic rings. The third kappa shape index (κ3) is 1.61. The van der Waals surface area contributed by atoms with E-state index < -0.39 is 0 Å². The third-order valence-corrected chi connectivity index (χ3v) is 3.10. The summed E-state index contributed by atoms with van der Waals surface area (Å²) in [6.07, 6.45) is 1.83. The molecule has 0 aliphatic carbocycles. The fourth-order valence-electron chi connectivity index (χ4n) is 1.57. The van der Waals surface area contributed by atoms with Gasteiger partial charge in [-0.2, -0.15) is 5.10 Å². The van der Waals surface area contributed by atoms with Crippen molar-refractivity contribution in [2.24, 2.45) is 18.7 Å². The Labute approximate surface area is 79.9 Å². The molecular formula is C10H19N3. The van der Waals surface area contributed by atoms with E-state index in [0.29, 0.717) is 12.5 Å². The number of aromatic nitrogens is 2. The summed E-state index contributed by atoms with van der Waals surface area (Å²) in [4.78, 5) is 0. The summed E-state index contributed by atoms with van der Waals surface area (Å²) in [5.74, 6) is 0.521. The Morgan fingerprint density at radius 1 is 1.62 bits per heavy atom. The zero-order valence-electron chi connectivity index (χ0n) is 8.91. The largest absolute Gasteiger partial charge is 0.330 e. The first kappa shape index (κ1) is 10.3. The smallest absolute Gasteiger partial charge is 0.0492 e. The molecule has 2 N–H and O–H groups in total. The number of rotatable bonds is 3. The molecule has 0 amide bonds. The van der Waals surface area contributed by atoms with E-state index in [1.807, 2.05) is 24.0 Å². The normalized spacial score (nSPS) is 16.2. The summed E-state index contributed by atoms with van der Waals surface area (Å²) >= 11 is 0. The number of nitrogens with zero attached hydrogens (tertiary/aromatic N) is 2. The van der Waals surface area contributed by atoms with E-state index in [1.165, 1.54) is 5.69 Å². The molecule has 1 aromatic heterocycles. The standard InChI is InChI=1S/C10H19N3/c1-8(2)10(3,7-11)9-5-6-12-13(9)4/h5-6,8H,7,11H2,1-4H3. The van der Waals surface area contributed by atoms with Gasteiger partial charge in [-0.3, -0.25) is 4.68 Å². The molecule has 1 aromatic rings. The molecule has 0 saturated heterocycles. The Kier molecular flexibility index (Phi) is 2.76. The Morgan fingerprint density at radius 2 is 2.23 bits per heavy atom. The molecule has 1 heterocycles. The summed E-state index contributed by atoms with van der Waals surface area (Å²) in [6.45, 7) is 7.23. The van der Waals surface area contributed by atoms with Gasteiger partial charge in [0.05, 0.1) is 0 Å². The topological polar surface area (TPSA) is 43.8 Å². The van der Waals surface area contributed by atoms with E-state index in [-0.39, 0.29) is 5.41 Å². The fourth-order valence-corrected chi connectivity index (χ4v) is 1.57. The van der Waals surface area contributed by atoms with Crippen LogP contribution in [0.2, 0.25) is 0 Å². The maximum absolute atomic E-state index is 5.83. The monoisotopic (exact) mass is 181 g/mol. The zero-order valence-corrected chi connectivity index (χ0v) is 8.91. The highest BCUT2D eigenvalue weighted by atomic mass is 15.3. The first-order valence-corrected chi connectivity index (χ1v) is 4.71. The Morgan fingerprint density at radius 3 is 2.54 bits per heavy atom. The van der Waals surface area contributed by atoms with Crippen molar-refractivity contribution in [1.82, 2.24) is 9.78 Å². The molecule has 3 heteroatoms. The third-order valence-electron chi connectivity index (χ3n) is 3.10. The van der Waals surface area contributed by atoms with Crippen LogP contribution in [0.5, 0.6) is 0 Å². The average Bonchev–Trinajstić information content (AvgIpc) is 2.50. The molecule has 3 nitrogen and oxygen atoms in total. The van der Waals surface area contributed by atoms with Crippen LogP contribution in [0.3, 0.4) is 0 Å². The van der Waals surface area contributed by atoms with Crippen molar-refractivity contribution < 1.29 is 0 Å². The van der Waals surface area contributed by atoms with Crippen LogP contribution in [0.15, 0.2) is 12.3 Å². The quantitative estimate of drug-likeness (QED) is 0.763. The summed E-state index contributed by atoms with van der Waals surface area (Å²) in [5, 5.41) is 4.17. The molecule has 0 bridgehead atoms. The van der Waals surface area contributed by atoms with E-state index in [4.69, 9.17) is 5.73 Å². The fraction of sp³-hybridized carbons (Fsp3) is 0.700. The maximum atomic E-state index is 5.83. The van der Waals surface area contributed by atoms with Crippen molar-refractivity contribution in [1.29, 1.82) is 0 Å². The molecule has 0 radical (unpaired) electrons.